The fraction of sp³-hybridized carbons (Fsp3) is 0.167. The number of aromatic nitrogens is 1. The minimum atomic E-state index is -1.32. The van der Waals surface area contributed by atoms with E-state index in [1.165, 1.54) is 7.05 Å². The van der Waals surface area contributed by atoms with Gasteiger partial charge in [0.2, 0.25) is 0 Å². The van der Waals surface area contributed by atoms with E-state index < -0.39 is 17.2 Å². The molecule has 0 saturated heterocycles. The molecule has 6 nitrogen and oxygen atoms in total. The predicted octanol–water partition coefficient (Wildman–Crippen LogP) is 1.26. The quantitative estimate of drug-likeness (QED) is 0.881. The van der Waals surface area contributed by atoms with Crippen LogP contribution >= 0.6 is 0 Å². The monoisotopic (exact) mass is 249 g/mol. The maximum absolute atomic E-state index is 11.3. The highest BCUT2D eigenvalue weighted by Crippen LogP contribution is 2.13. The molecule has 0 radical (unpaired) electrons. The smallest absolute Gasteiger partial charge is 0.372 e. The molecule has 0 fully saturated rings. The third-order valence-electron chi connectivity index (χ3n) is 2.43. The van der Waals surface area contributed by atoms with Crippen molar-refractivity contribution in [1.82, 2.24) is 4.74 Å². The summed E-state index contributed by atoms with van der Waals surface area (Å²) in [5.74, 6) is -0.738. The number of ether oxygens (including phenoxy) is 1. The van der Waals surface area contributed by atoms with E-state index in [4.69, 9.17) is 14.4 Å². The molecule has 1 N–H and O–H groups in total. The molecule has 6 heteroatoms. The van der Waals surface area contributed by atoms with Gasteiger partial charge in [-0.05, 0) is 12.1 Å². The number of para-hydroxylation sites is 1. The summed E-state index contributed by atoms with van der Waals surface area (Å²) in [6.07, 6.45) is 0. The summed E-state index contributed by atoms with van der Waals surface area (Å²) in [5.41, 5.74) is -1.08. The highest BCUT2D eigenvalue weighted by atomic mass is 16.5. The number of carboxylic acid groups (broad SMARTS) is 1. The Kier molecular flexibility index (Phi) is 3.18. The Bertz CT molecular complexity index is 611. The normalized spacial score (nSPS) is 10.3. The van der Waals surface area contributed by atoms with Crippen LogP contribution in [-0.4, -0.2) is 15.8 Å². The molecule has 1 aromatic carbocycles. The molecule has 0 atom stereocenters. The van der Waals surface area contributed by atoms with E-state index in [0.717, 1.165) is 4.74 Å². The molecular formula is C12H11NO5. The fourth-order valence-electron chi connectivity index (χ4n) is 1.54. The summed E-state index contributed by atoms with van der Waals surface area (Å²) in [7, 11) is 1.46. The van der Waals surface area contributed by atoms with Crippen LogP contribution in [0.3, 0.4) is 0 Å². The predicted molar refractivity (Wildman–Crippen MR) is 61.7 cm³/mol. The highest BCUT2D eigenvalue weighted by molar-refractivity contribution is 5.88. The lowest BCUT2D eigenvalue weighted by Crippen LogP contribution is -2.13. The number of nitrogens with zero attached hydrogens (tertiary/aromatic N) is 1. The zero-order valence-electron chi connectivity index (χ0n) is 9.62. The van der Waals surface area contributed by atoms with Crippen LogP contribution in [0.1, 0.15) is 16.1 Å². The third kappa shape index (κ3) is 2.27. The van der Waals surface area contributed by atoms with Gasteiger partial charge in [0.05, 0.1) is 0 Å². The molecule has 2 rings (SSSR count). The Labute approximate surface area is 102 Å². The Morgan fingerprint density at radius 2 is 2.06 bits per heavy atom. The van der Waals surface area contributed by atoms with Crippen molar-refractivity contribution < 1.29 is 19.2 Å². The van der Waals surface area contributed by atoms with Crippen LogP contribution in [0.15, 0.2) is 39.6 Å². The van der Waals surface area contributed by atoms with Crippen LogP contribution in [0.25, 0.3) is 0 Å². The van der Waals surface area contributed by atoms with Gasteiger partial charge in [0.25, 0.3) is 0 Å². The number of hydrogen-bond acceptors (Lipinski definition) is 4. The van der Waals surface area contributed by atoms with Crippen molar-refractivity contribution in [3.63, 3.8) is 0 Å². The number of rotatable bonds is 4. The lowest BCUT2D eigenvalue weighted by Gasteiger charge is -2.06. The molecule has 0 unspecified atom stereocenters. The van der Waals surface area contributed by atoms with Crippen molar-refractivity contribution in [2.45, 2.75) is 6.61 Å². The molecule has 0 aliphatic rings. The molecule has 0 bridgehead atoms. The number of hydrogen-bond donors (Lipinski definition) is 1. The van der Waals surface area contributed by atoms with Gasteiger partial charge in [-0.3, -0.25) is 0 Å². The van der Waals surface area contributed by atoms with Gasteiger partial charge in [-0.2, -0.15) is 0 Å². The molecule has 0 aliphatic carbocycles. The molecule has 2 aromatic rings. The van der Waals surface area contributed by atoms with Gasteiger partial charge < -0.3 is 14.4 Å². The second-order valence-electron chi connectivity index (χ2n) is 3.60. The fourth-order valence-corrected chi connectivity index (χ4v) is 1.54. The van der Waals surface area contributed by atoms with E-state index in [2.05, 4.69) is 0 Å². The highest BCUT2D eigenvalue weighted by Gasteiger charge is 2.22. The van der Waals surface area contributed by atoms with Crippen LogP contribution in [0.5, 0.6) is 5.75 Å². The number of carboxylic acids is 1. The lowest BCUT2D eigenvalue weighted by molar-refractivity contribution is 0.0691. The molecule has 0 spiro atoms. The van der Waals surface area contributed by atoms with Gasteiger partial charge >= 0.3 is 11.6 Å². The summed E-state index contributed by atoms with van der Waals surface area (Å²) in [5, 5.41) is 8.93. The van der Waals surface area contributed by atoms with E-state index in [9.17, 15) is 9.59 Å². The first-order chi connectivity index (χ1) is 8.59. The average Bonchev–Trinajstić information content (AvgIpc) is 2.62. The van der Waals surface area contributed by atoms with Gasteiger partial charge in [0, 0.05) is 7.05 Å². The van der Waals surface area contributed by atoms with Gasteiger partial charge in [-0.25, -0.2) is 14.3 Å². The average molecular weight is 249 g/mol. The second-order valence-corrected chi connectivity index (χ2v) is 3.60. The first kappa shape index (κ1) is 12.0. The van der Waals surface area contributed by atoms with Crippen molar-refractivity contribution in [1.29, 1.82) is 0 Å². The molecule has 0 amide bonds. The molecule has 94 valence electrons. The second kappa shape index (κ2) is 4.79. The van der Waals surface area contributed by atoms with Gasteiger partial charge in [-0.1, -0.05) is 18.2 Å². The molecule has 1 aromatic heterocycles. The van der Waals surface area contributed by atoms with Gasteiger partial charge in [-0.15, -0.1) is 0 Å². The van der Waals surface area contributed by atoms with Gasteiger partial charge in [0.1, 0.15) is 18.1 Å². The summed E-state index contributed by atoms with van der Waals surface area (Å²) in [4.78, 5) is 22.2. The first-order valence-electron chi connectivity index (χ1n) is 5.20. The summed E-state index contributed by atoms with van der Waals surface area (Å²) < 4.78 is 11.2. The van der Waals surface area contributed by atoms with E-state index in [1.807, 2.05) is 6.07 Å². The largest absolute Gasteiger partial charge is 0.487 e. The Balaban J connectivity index is 2.24. The Morgan fingerprint density at radius 1 is 1.39 bits per heavy atom. The zero-order chi connectivity index (χ0) is 13.1. The van der Waals surface area contributed by atoms with Crippen molar-refractivity contribution in [3.05, 3.63) is 52.0 Å². The maximum atomic E-state index is 11.3. The van der Waals surface area contributed by atoms with Crippen molar-refractivity contribution in [3.8, 4) is 5.75 Å². The standard InChI is InChI=1S/C12H11NO5/c1-13-9(10(11(14)15)12(16)18-13)7-17-8-5-3-2-4-6-8/h2-6H,7H2,1H3,(H,14,15). The summed E-state index contributed by atoms with van der Waals surface area (Å²) >= 11 is 0. The number of benzene rings is 1. The van der Waals surface area contributed by atoms with Crippen molar-refractivity contribution in [2.75, 3.05) is 0 Å². The number of aryl methyl sites for hydroxylation is 1. The Hall–Kier alpha value is -2.50. The summed E-state index contributed by atoms with van der Waals surface area (Å²) in [6.45, 7) is -0.0477. The number of aromatic carboxylic acids is 1. The van der Waals surface area contributed by atoms with Crippen LogP contribution in [-0.2, 0) is 13.7 Å². The third-order valence-corrected chi connectivity index (χ3v) is 2.43. The van der Waals surface area contributed by atoms with Gasteiger partial charge in [0.15, 0.2) is 5.56 Å². The SMILES string of the molecule is Cn1oc(=O)c(C(=O)O)c1COc1ccccc1. The maximum Gasteiger partial charge on any atom is 0.372 e. The topological polar surface area (TPSA) is 81.7 Å². The first-order valence-corrected chi connectivity index (χ1v) is 5.20. The minimum absolute atomic E-state index is 0.0477. The van der Waals surface area contributed by atoms with Crippen LogP contribution in [0, 0.1) is 0 Å². The van der Waals surface area contributed by atoms with Crippen LogP contribution in [0.4, 0.5) is 0 Å². The van der Waals surface area contributed by atoms with E-state index in [1.54, 1.807) is 24.3 Å². The molecule has 1 heterocycles. The van der Waals surface area contributed by atoms with E-state index in [-0.39, 0.29) is 12.3 Å². The van der Waals surface area contributed by atoms with Crippen LogP contribution < -0.4 is 10.4 Å². The lowest BCUT2D eigenvalue weighted by atomic mass is 10.2. The Morgan fingerprint density at radius 3 is 2.67 bits per heavy atom. The number of carbonyl (C=O) groups is 1. The molecule has 18 heavy (non-hydrogen) atoms. The zero-order valence-corrected chi connectivity index (χ0v) is 9.62. The summed E-state index contributed by atoms with van der Waals surface area (Å²) in [6, 6.07) is 8.89. The van der Waals surface area contributed by atoms with E-state index in [0.29, 0.717) is 5.75 Å². The molecular weight excluding hydrogens is 238 g/mol. The molecule has 0 aliphatic heterocycles. The van der Waals surface area contributed by atoms with Crippen LogP contribution in [0.2, 0.25) is 0 Å². The van der Waals surface area contributed by atoms with Crippen molar-refractivity contribution >= 4 is 5.97 Å². The molecule has 0 saturated carbocycles. The van der Waals surface area contributed by atoms with E-state index >= 15 is 0 Å². The minimum Gasteiger partial charge on any atom is -0.487 e. The van der Waals surface area contributed by atoms with Crippen molar-refractivity contribution in [2.24, 2.45) is 7.05 Å².